The standard InChI is InChI=1S/C13H20BrNO2/c1-8(2)3-6-11(16)13(15)10-5-4-9(14)7-12(10)17/h4-5,7-8,11,13,16-17H,3,6,15H2,1-2H3/t11-,13+/m0/s1. The second kappa shape index (κ2) is 6.38. The van der Waals surface area contributed by atoms with Gasteiger partial charge in [0.1, 0.15) is 5.75 Å². The molecule has 0 unspecified atom stereocenters. The molecule has 0 amide bonds. The van der Waals surface area contributed by atoms with E-state index in [1.54, 1.807) is 12.1 Å². The van der Waals surface area contributed by atoms with E-state index in [0.29, 0.717) is 17.9 Å². The molecule has 4 heteroatoms. The lowest BCUT2D eigenvalue weighted by atomic mass is 9.95. The molecule has 1 aromatic rings. The average Bonchev–Trinajstić information content (AvgIpc) is 2.25. The summed E-state index contributed by atoms with van der Waals surface area (Å²) in [7, 11) is 0. The molecule has 2 atom stereocenters. The minimum absolute atomic E-state index is 0.121. The number of rotatable bonds is 5. The summed E-state index contributed by atoms with van der Waals surface area (Å²) in [6, 6.07) is 4.60. The maximum Gasteiger partial charge on any atom is 0.121 e. The number of aliphatic hydroxyl groups is 1. The topological polar surface area (TPSA) is 66.5 Å². The van der Waals surface area contributed by atoms with E-state index in [1.165, 1.54) is 0 Å². The highest BCUT2D eigenvalue weighted by Gasteiger charge is 2.19. The zero-order chi connectivity index (χ0) is 13.0. The first-order chi connectivity index (χ1) is 7.91. The Kier molecular flexibility index (Phi) is 5.43. The zero-order valence-corrected chi connectivity index (χ0v) is 11.8. The fraction of sp³-hybridized carbons (Fsp3) is 0.538. The van der Waals surface area contributed by atoms with Crippen LogP contribution in [0.5, 0.6) is 5.75 Å². The average molecular weight is 302 g/mol. The van der Waals surface area contributed by atoms with Crippen LogP contribution in [0.2, 0.25) is 0 Å². The van der Waals surface area contributed by atoms with Crippen molar-refractivity contribution in [3.63, 3.8) is 0 Å². The first-order valence-corrected chi connectivity index (χ1v) is 6.63. The molecule has 0 aliphatic carbocycles. The first kappa shape index (κ1) is 14.5. The Morgan fingerprint density at radius 3 is 2.47 bits per heavy atom. The van der Waals surface area contributed by atoms with Gasteiger partial charge in [0.15, 0.2) is 0 Å². The van der Waals surface area contributed by atoms with Crippen molar-refractivity contribution in [3.05, 3.63) is 28.2 Å². The summed E-state index contributed by atoms with van der Waals surface area (Å²) in [5.41, 5.74) is 6.54. The first-order valence-electron chi connectivity index (χ1n) is 5.84. The van der Waals surface area contributed by atoms with Crippen molar-refractivity contribution in [2.75, 3.05) is 0 Å². The fourth-order valence-electron chi connectivity index (χ4n) is 1.69. The lowest BCUT2D eigenvalue weighted by molar-refractivity contribution is 0.127. The summed E-state index contributed by atoms with van der Waals surface area (Å²) in [5, 5.41) is 19.7. The third kappa shape index (κ3) is 4.30. The molecule has 1 aromatic carbocycles. The Bertz CT molecular complexity index is 368. The molecule has 0 saturated heterocycles. The maximum absolute atomic E-state index is 9.97. The molecule has 17 heavy (non-hydrogen) atoms. The summed E-state index contributed by atoms with van der Waals surface area (Å²) in [5.74, 6) is 0.658. The number of phenols is 1. The van der Waals surface area contributed by atoms with Gasteiger partial charge in [-0.2, -0.15) is 0 Å². The van der Waals surface area contributed by atoms with Crippen molar-refractivity contribution in [2.24, 2.45) is 11.7 Å². The number of aliphatic hydroxyl groups excluding tert-OH is 1. The van der Waals surface area contributed by atoms with Crippen LogP contribution < -0.4 is 5.73 Å². The van der Waals surface area contributed by atoms with E-state index >= 15 is 0 Å². The lowest BCUT2D eigenvalue weighted by Crippen LogP contribution is -2.26. The van der Waals surface area contributed by atoms with E-state index in [9.17, 15) is 10.2 Å². The van der Waals surface area contributed by atoms with Crippen molar-refractivity contribution in [3.8, 4) is 5.75 Å². The van der Waals surface area contributed by atoms with Crippen LogP contribution in [0.4, 0.5) is 0 Å². The molecule has 0 radical (unpaired) electrons. The summed E-state index contributed by atoms with van der Waals surface area (Å²) in [4.78, 5) is 0. The van der Waals surface area contributed by atoms with Crippen LogP contribution in [-0.4, -0.2) is 16.3 Å². The van der Waals surface area contributed by atoms with E-state index in [0.717, 1.165) is 10.9 Å². The van der Waals surface area contributed by atoms with Crippen LogP contribution in [0.1, 0.15) is 38.3 Å². The molecule has 0 aromatic heterocycles. The highest BCUT2D eigenvalue weighted by Crippen LogP contribution is 2.29. The summed E-state index contributed by atoms with van der Waals surface area (Å²) >= 11 is 3.27. The lowest BCUT2D eigenvalue weighted by Gasteiger charge is -2.21. The van der Waals surface area contributed by atoms with Gasteiger partial charge in [-0.3, -0.25) is 0 Å². The summed E-state index contributed by atoms with van der Waals surface area (Å²) < 4.78 is 0.794. The van der Waals surface area contributed by atoms with Gasteiger partial charge in [-0.25, -0.2) is 0 Å². The van der Waals surface area contributed by atoms with Crippen molar-refractivity contribution in [1.29, 1.82) is 0 Å². The molecule has 0 aliphatic heterocycles. The zero-order valence-electron chi connectivity index (χ0n) is 10.2. The smallest absolute Gasteiger partial charge is 0.121 e. The normalized spacial score (nSPS) is 14.9. The predicted molar refractivity (Wildman–Crippen MR) is 72.8 cm³/mol. The SMILES string of the molecule is CC(C)CC[C@H](O)[C@H](N)c1ccc(Br)cc1O. The molecule has 0 aliphatic rings. The summed E-state index contributed by atoms with van der Waals surface area (Å²) in [6.07, 6.45) is 0.949. The number of hydrogen-bond donors (Lipinski definition) is 3. The van der Waals surface area contributed by atoms with Gasteiger partial charge in [0.2, 0.25) is 0 Å². The molecule has 0 saturated carbocycles. The molecular weight excluding hydrogens is 282 g/mol. The number of nitrogens with two attached hydrogens (primary N) is 1. The Hall–Kier alpha value is -0.580. The third-order valence-corrected chi connectivity index (χ3v) is 3.30. The molecule has 0 heterocycles. The van der Waals surface area contributed by atoms with Crippen molar-refractivity contribution in [2.45, 2.75) is 38.8 Å². The Morgan fingerprint density at radius 1 is 1.29 bits per heavy atom. The number of aromatic hydroxyl groups is 1. The predicted octanol–water partition coefficient (Wildman–Crippen LogP) is 2.95. The van der Waals surface area contributed by atoms with Gasteiger partial charge in [-0.15, -0.1) is 0 Å². The minimum Gasteiger partial charge on any atom is -0.508 e. The third-order valence-electron chi connectivity index (χ3n) is 2.81. The minimum atomic E-state index is -0.621. The van der Waals surface area contributed by atoms with Crippen molar-refractivity contribution < 1.29 is 10.2 Å². The van der Waals surface area contributed by atoms with Gasteiger partial charge in [0.25, 0.3) is 0 Å². The van der Waals surface area contributed by atoms with Crippen LogP contribution in [0.25, 0.3) is 0 Å². The highest BCUT2D eigenvalue weighted by molar-refractivity contribution is 9.10. The second-order valence-corrected chi connectivity index (χ2v) is 5.68. The number of phenolic OH excluding ortho intramolecular Hbond substituents is 1. The van der Waals surface area contributed by atoms with Crippen LogP contribution in [0.3, 0.4) is 0 Å². The molecule has 4 N–H and O–H groups in total. The van der Waals surface area contributed by atoms with Gasteiger partial charge in [0.05, 0.1) is 12.1 Å². The van der Waals surface area contributed by atoms with E-state index < -0.39 is 12.1 Å². The van der Waals surface area contributed by atoms with Gasteiger partial charge >= 0.3 is 0 Å². The number of hydrogen-bond acceptors (Lipinski definition) is 3. The van der Waals surface area contributed by atoms with E-state index in [2.05, 4.69) is 29.8 Å². The molecule has 0 bridgehead atoms. The number of benzene rings is 1. The quantitative estimate of drug-likeness (QED) is 0.783. The second-order valence-electron chi connectivity index (χ2n) is 4.77. The largest absolute Gasteiger partial charge is 0.508 e. The van der Waals surface area contributed by atoms with Crippen LogP contribution in [-0.2, 0) is 0 Å². The molecule has 1 rings (SSSR count). The van der Waals surface area contributed by atoms with Gasteiger partial charge in [-0.05, 0) is 30.9 Å². The molecule has 3 nitrogen and oxygen atoms in total. The van der Waals surface area contributed by atoms with Gasteiger partial charge in [0, 0.05) is 10.0 Å². The molecular formula is C13H20BrNO2. The van der Waals surface area contributed by atoms with Crippen LogP contribution in [0, 0.1) is 5.92 Å². The molecule has 0 spiro atoms. The number of halogens is 1. The Morgan fingerprint density at radius 2 is 1.94 bits per heavy atom. The van der Waals surface area contributed by atoms with E-state index in [1.807, 2.05) is 6.07 Å². The van der Waals surface area contributed by atoms with E-state index in [-0.39, 0.29) is 5.75 Å². The molecule has 96 valence electrons. The van der Waals surface area contributed by atoms with E-state index in [4.69, 9.17) is 5.73 Å². The Balaban J connectivity index is 2.71. The monoisotopic (exact) mass is 301 g/mol. The maximum atomic E-state index is 9.97. The van der Waals surface area contributed by atoms with Crippen molar-refractivity contribution >= 4 is 15.9 Å². The van der Waals surface area contributed by atoms with Crippen LogP contribution in [0.15, 0.2) is 22.7 Å². The summed E-state index contributed by atoms with van der Waals surface area (Å²) in [6.45, 7) is 4.21. The van der Waals surface area contributed by atoms with Gasteiger partial charge in [-0.1, -0.05) is 35.8 Å². The fourth-order valence-corrected chi connectivity index (χ4v) is 2.04. The molecule has 0 fully saturated rings. The van der Waals surface area contributed by atoms with Crippen LogP contribution >= 0.6 is 15.9 Å². The Labute approximate surface area is 111 Å². The van der Waals surface area contributed by atoms with Gasteiger partial charge < -0.3 is 15.9 Å². The van der Waals surface area contributed by atoms with Crippen molar-refractivity contribution in [1.82, 2.24) is 0 Å². The highest BCUT2D eigenvalue weighted by atomic mass is 79.9.